The van der Waals surface area contributed by atoms with E-state index in [1.165, 1.54) is 19.3 Å². The van der Waals surface area contributed by atoms with E-state index in [-0.39, 0.29) is 23.5 Å². The molecule has 1 saturated carbocycles. The Morgan fingerprint density at radius 3 is 2.35 bits per heavy atom. The van der Waals surface area contributed by atoms with Crippen molar-refractivity contribution in [2.75, 3.05) is 0 Å². The summed E-state index contributed by atoms with van der Waals surface area (Å²) in [6, 6.07) is 0.213. The Morgan fingerprint density at radius 1 is 1.29 bits per heavy atom. The first-order valence-corrected chi connectivity index (χ1v) is 7.11. The Kier molecular flexibility index (Phi) is 5.44. The van der Waals surface area contributed by atoms with Gasteiger partial charge in [0.1, 0.15) is 0 Å². The predicted molar refractivity (Wildman–Crippen MR) is 72.0 cm³/mol. The highest BCUT2D eigenvalue weighted by Crippen LogP contribution is 2.34. The quantitative estimate of drug-likeness (QED) is 0.718. The minimum atomic E-state index is -0.0745. The Balaban J connectivity index is 2.36. The summed E-state index contributed by atoms with van der Waals surface area (Å²) in [5.41, 5.74) is 0.241. The lowest BCUT2D eigenvalue weighted by Crippen LogP contribution is -2.58. The highest BCUT2D eigenvalue weighted by atomic mass is 16.2. The van der Waals surface area contributed by atoms with Gasteiger partial charge >= 0.3 is 0 Å². The van der Waals surface area contributed by atoms with E-state index in [2.05, 4.69) is 31.4 Å². The summed E-state index contributed by atoms with van der Waals surface area (Å²) in [5.74, 6) is 0.144. The molecule has 2 unspecified atom stereocenters. The molecule has 100 valence electrons. The van der Waals surface area contributed by atoms with Crippen LogP contribution in [0.15, 0.2) is 0 Å². The van der Waals surface area contributed by atoms with Crippen LogP contribution in [-0.2, 0) is 4.79 Å². The van der Waals surface area contributed by atoms with Gasteiger partial charge in [0.05, 0.1) is 6.04 Å². The van der Waals surface area contributed by atoms with Gasteiger partial charge in [0, 0.05) is 11.6 Å². The monoisotopic (exact) mass is 240 g/mol. The summed E-state index contributed by atoms with van der Waals surface area (Å²) in [5, 5.41) is 6.59. The average molecular weight is 240 g/mol. The number of amides is 1. The first kappa shape index (κ1) is 14.5. The second kappa shape index (κ2) is 6.39. The summed E-state index contributed by atoms with van der Waals surface area (Å²) in [7, 11) is 0. The van der Waals surface area contributed by atoms with Gasteiger partial charge < -0.3 is 10.6 Å². The van der Waals surface area contributed by atoms with Crippen molar-refractivity contribution in [1.29, 1.82) is 0 Å². The molecule has 17 heavy (non-hydrogen) atoms. The van der Waals surface area contributed by atoms with Gasteiger partial charge in [0.25, 0.3) is 0 Å². The number of hydrogen-bond acceptors (Lipinski definition) is 2. The molecule has 2 N–H and O–H groups in total. The van der Waals surface area contributed by atoms with Crippen LogP contribution < -0.4 is 10.6 Å². The molecule has 0 saturated heterocycles. The number of rotatable bonds is 7. The third-order valence-electron chi connectivity index (χ3n) is 4.01. The summed E-state index contributed by atoms with van der Waals surface area (Å²) < 4.78 is 0. The highest BCUT2D eigenvalue weighted by Gasteiger charge is 2.37. The van der Waals surface area contributed by atoms with Gasteiger partial charge in [-0.1, -0.05) is 20.3 Å². The lowest BCUT2D eigenvalue weighted by atomic mass is 9.74. The molecule has 3 heteroatoms. The number of nitrogens with one attached hydrogen (secondary N) is 2. The van der Waals surface area contributed by atoms with Gasteiger partial charge in [-0.2, -0.15) is 0 Å². The second-order valence-corrected chi connectivity index (χ2v) is 5.55. The summed E-state index contributed by atoms with van der Waals surface area (Å²) in [6.45, 7) is 8.40. The van der Waals surface area contributed by atoms with Crippen LogP contribution in [0, 0.1) is 0 Å². The van der Waals surface area contributed by atoms with Crippen molar-refractivity contribution < 1.29 is 4.79 Å². The molecule has 1 amide bonds. The van der Waals surface area contributed by atoms with Gasteiger partial charge in [-0.25, -0.2) is 0 Å². The smallest absolute Gasteiger partial charge is 0.237 e. The Morgan fingerprint density at radius 2 is 1.94 bits per heavy atom. The van der Waals surface area contributed by atoms with Crippen molar-refractivity contribution in [3.8, 4) is 0 Å². The Bertz CT molecular complexity index is 243. The molecule has 0 aliphatic heterocycles. The molecular formula is C14H28N2O. The fourth-order valence-electron chi connectivity index (χ4n) is 2.60. The van der Waals surface area contributed by atoms with Gasteiger partial charge in [-0.05, 0) is 46.0 Å². The predicted octanol–water partition coefficient (Wildman–Crippen LogP) is 2.60. The zero-order chi connectivity index (χ0) is 12.9. The first-order chi connectivity index (χ1) is 8.03. The second-order valence-electron chi connectivity index (χ2n) is 5.55. The van der Waals surface area contributed by atoms with E-state index >= 15 is 0 Å². The maximum absolute atomic E-state index is 12.0. The van der Waals surface area contributed by atoms with Crippen LogP contribution in [0.3, 0.4) is 0 Å². The molecule has 0 spiro atoms. The van der Waals surface area contributed by atoms with Gasteiger partial charge in [-0.3, -0.25) is 4.79 Å². The standard InChI is InChI=1S/C14H28N2O/c1-5-8-11(3)15-13(17)12(4)16-14(6-2)9-7-10-14/h11-12,16H,5-10H2,1-4H3,(H,15,17). The van der Waals surface area contributed by atoms with Gasteiger partial charge in [-0.15, -0.1) is 0 Å². The third kappa shape index (κ3) is 3.98. The lowest BCUT2D eigenvalue weighted by molar-refractivity contribution is -0.124. The van der Waals surface area contributed by atoms with Crippen LogP contribution in [0.25, 0.3) is 0 Å². The average Bonchev–Trinajstić information content (AvgIpc) is 2.23. The summed E-state index contributed by atoms with van der Waals surface area (Å²) in [4.78, 5) is 12.0. The molecule has 3 nitrogen and oxygen atoms in total. The van der Waals surface area contributed by atoms with E-state index in [1.54, 1.807) is 0 Å². The van der Waals surface area contributed by atoms with Crippen LogP contribution in [-0.4, -0.2) is 23.5 Å². The minimum absolute atomic E-state index is 0.0745. The number of hydrogen-bond donors (Lipinski definition) is 2. The molecule has 0 aromatic rings. The molecule has 1 aliphatic rings. The topological polar surface area (TPSA) is 41.1 Å². The van der Waals surface area contributed by atoms with E-state index in [0.29, 0.717) is 0 Å². The van der Waals surface area contributed by atoms with E-state index in [1.807, 2.05) is 6.92 Å². The maximum Gasteiger partial charge on any atom is 0.237 e. The van der Waals surface area contributed by atoms with E-state index in [4.69, 9.17) is 0 Å². The SMILES string of the molecule is CCCC(C)NC(=O)C(C)NC1(CC)CCC1. The molecule has 0 heterocycles. The molecule has 1 aliphatic carbocycles. The number of carbonyl (C=O) groups excluding carboxylic acids is 1. The maximum atomic E-state index is 12.0. The van der Waals surface area contributed by atoms with E-state index in [9.17, 15) is 4.79 Å². The van der Waals surface area contributed by atoms with Gasteiger partial charge in [0.2, 0.25) is 5.91 Å². The first-order valence-electron chi connectivity index (χ1n) is 7.11. The van der Waals surface area contributed by atoms with Crippen LogP contribution >= 0.6 is 0 Å². The molecule has 1 fully saturated rings. The fraction of sp³-hybridized carbons (Fsp3) is 0.929. The summed E-state index contributed by atoms with van der Waals surface area (Å²) in [6.07, 6.45) is 7.01. The molecule has 1 rings (SSSR count). The zero-order valence-electron chi connectivity index (χ0n) is 11.8. The minimum Gasteiger partial charge on any atom is -0.352 e. The van der Waals surface area contributed by atoms with Crippen molar-refractivity contribution in [3.63, 3.8) is 0 Å². The molecular weight excluding hydrogens is 212 g/mol. The van der Waals surface area contributed by atoms with Crippen LogP contribution in [0.4, 0.5) is 0 Å². The van der Waals surface area contributed by atoms with Crippen LogP contribution in [0.2, 0.25) is 0 Å². The molecule has 2 atom stereocenters. The van der Waals surface area contributed by atoms with E-state index < -0.39 is 0 Å². The Labute approximate surface area is 106 Å². The van der Waals surface area contributed by atoms with Crippen molar-refractivity contribution >= 4 is 5.91 Å². The summed E-state index contributed by atoms with van der Waals surface area (Å²) >= 11 is 0. The lowest BCUT2D eigenvalue weighted by Gasteiger charge is -2.44. The number of carbonyl (C=O) groups is 1. The zero-order valence-corrected chi connectivity index (χ0v) is 11.8. The molecule has 0 radical (unpaired) electrons. The van der Waals surface area contributed by atoms with Gasteiger partial charge in [0.15, 0.2) is 0 Å². The van der Waals surface area contributed by atoms with E-state index in [0.717, 1.165) is 19.3 Å². The van der Waals surface area contributed by atoms with Crippen LogP contribution in [0.5, 0.6) is 0 Å². The van der Waals surface area contributed by atoms with Crippen LogP contribution in [0.1, 0.15) is 66.2 Å². The third-order valence-corrected chi connectivity index (χ3v) is 4.01. The Hall–Kier alpha value is -0.570. The molecule has 0 bridgehead atoms. The highest BCUT2D eigenvalue weighted by molar-refractivity contribution is 5.81. The molecule has 0 aromatic heterocycles. The van der Waals surface area contributed by atoms with Crippen molar-refractivity contribution in [3.05, 3.63) is 0 Å². The van der Waals surface area contributed by atoms with Crippen molar-refractivity contribution in [1.82, 2.24) is 10.6 Å². The molecule has 0 aromatic carbocycles. The van der Waals surface area contributed by atoms with Crippen molar-refractivity contribution in [2.24, 2.45) is 0 Å². The normalized spacial score (nSPS) is 21.4. The fourth-order valence-corrected chi connectivity index (χ4v) is 2.60. The largest absolute Gasteiger partial charge is 0.352 e. The van der Waals surface area contributed by atoms with Crippen molar-refractivity contribution in [2.45, 2.75) is 83.8 Å².